The lowest BCUT2D eigenvalue weighted by molar-refractivity contribution is 0.336. The highest BCUT2D eigenvalue weighted by Gasteiger charge is 2.11. The summed E-state index contributed by atoms with van der Waals surface area (Å²) in [5.41, 5.74) is 2.18. The standard InChI is InChI=1S/C17H24N4O3S2.HI/c1-4-24-15-9-12(2)5-6-13(15)10-20-17(19-3)21-11-14-7-8-16(25-14)26(18,22)23;/h5-9H,4,10-11H2,1-3H3,(H2,18,22,23)(H2,19,20,21);1H. The minimum atomic E-state index is -3.66. The largest absolute Gasteiger partial charge is 0.494 e. The topological polar surface area (TPSA) is 106 Å². The molecule has 0 atom stereocenters. The van der Waals surface area contributed by atoms with Crippen molar-refractivity contribution in [2.75, 3.05) is 13.7 Å². The molecule has 2 aromatic rings. The molecule has 1 aromatic heterocycles. The summed E-state index contributed by atoms with van der Waals surface area (Å²) in [6.07, 6.45) is 0. The van der Waals surface area contributed by atoms with Gasteiger partial charge in [-0.2, -0.15) is 0 Å². The number of primary sulfonamides is 1. The number of hydrogen-bond donors (Lipinski definition) is 3. The van der Waals surface area contributed by atoms with E-state index in [1.807, 2.05) is 32.0 Å². The van der Waals surface area contributed by atoms with Crippen molar-refractivity contribution < 1.29 is 13.2 Å². The number of aliphatic imine (C=N–C) groups is 1. The molecule has 0 aliphatic carbocycles. The number of guanidine groups is 1. The van der Waals surface area contributed by atoms with Gasteiger partial charge in [-0.25, -0.2) is 13.6 Å². The summed E-state index contributed by atoms with van der Waals surface area (Å²) in [7, 11) is -1.98. The van der Waals surface area contributed by atoms with Crippen LogP contribution in [0.3, 0.4) is 0 Å². The van der Waals surface area contributed by atoms with Crippen molar-refractivity contribution in [1.82, 2.24) is 10.6 Å². The number of thiophene rings is 1. The fraction of sp³-hybridized carbons (Fsp3) is 0.353. The zero-order chi connectivity index (χ0) is 19.2. The molecule has 1 heterocycles. The van der Waals surface area contributed by atoms with Gasteiger partial charge in [0.25, 0.3) is 0 Å². The number of ether oxygens (including phenoxy) is 1. The van der Waals surface area contributed by atoms with E-state index in [4.69, 9.17) is 9.88 Å². The molecule has 0 radical (unpaired) electrons. The zero-order valence-electron chi connectivity index (χ0n) is 15.5. The maximum atomic E-state index is 11.3. The second kappa shape index (κ2) is 10.8. The Kier molecular flexibility index (Phi) is 9.50. The van der Waals surface area contributed by atoms with E-state index in [1.165, 1.54) is 6.07 Å². The Morgan fingerprint density at radius 2 is 1.93 bits per heavy atom. The normalized spacial score (nSPS) is 11.6. The fourth-order valence-electron chi connectivity index (χ4n) is 2.27. The molecule has 0 aliphatic rings. The lowest BCUT2D eigenvalue weighted by Gasteiger charge is -2.14. The summed E-state index contributed by atoms with van der Waals surface area (Å²) in [6.45, 7) is 5.59. The molecule has 0 saturated carbocycles. The first kappa shape index (κ1) is 23.7. The van der Waals surface area contributed by atoms with Gasteiger partial charge >= 0.3 is 0 Å². The van der Waals surface area contributed by atoms with Gasteiger partial charge in [-0.1, -0.05) is 12.1 Å². The molecule has 27 heavy (non-hydrogen) atoms. The van der Waals surface area contributed by atoms with Gasteiger partial charge in [-0.15, -0.1) is 35.3 Å². The zero-order valence-corrected chi connectivity index (χ0v) is 19.4. The molecule has 0 fully saturated rings. The Labute approximate surface area is 181 Å². The molecule has 7 nitrogen and oxygen atoms in total. The Balaban J connectivity index is 0.00000364. The lowest BCUT2D eigenvalue weighted by atomic mass is 10.1. The average molecular weight is 524 g/mol. The van der Waals surface area contributed by atoms with E-state index in [-0.39, 0.29) is 28.2 Å². The highest BCUT2D eigenvalue weighted by atomic mass is 127. The van der Waals surface area contributed by atoms with Crippen LogP contribution in [0, 0.1) is 6.92 Å². The Morgan fingerprint density at radius 1 is 1.22 bits per heavy atom. The number of halogens is 1. The third-order valence-corrected chi connectivity index (χ3v) is 6.06. The first-order valence-corrected chi connectivity index (χ1v) is 10.5. The van der Waals surface area contributed by atoms with Gasteiger partial charge in [-0.05, 0) is 37.6 Å². The molecule has 0 unspecified atom stereocenters. The Morgan fingerprint density at radius 3 is 2.52 bits per heavy atom. The van der Waals surface area contributed by atoms with E-state index in [0.29, 0.717) is 25.7 Å². The van der Waals surface area contributed by atoms with Crippen LogP contribution in [0.25, 0.3) is 0 Å². The van der Waals surface area contributed by atoms with Gasteiger partial charge in [0.05, 0.1) is 13.2 Å². The predicted molar refractivity (Wildman–Crippen MR) is 120 cm³/mol. The van der Waals surface area contributed by atoms with E-state index >= 15 is 0 Å². The van der Waals surface area contributed by atoms with Crippen LogP contribution in [0.5, 0.6) is 5.75 Å². The third-order valence-electron chi connectivity index (χ3n) is 3.54. The molecule has 0 aliphatic heterocycles. The van der Waals surface area contributed by atoms with Crippen molar-refractivity contribution in [2.45, 2.75) is 31.1 Å². The van der Waals surface area contributed by atoms with Gasteiger partial charge in [0, 0.05) is 24.0 Å². The molecular formula is C17H25IN4O3S2. The minimum absolute atomic E-state index is 0. The molecule has 0 saturated heterocycles. The summed E-state index contributed by atoms with van der Waals surface area (Å²) in [6, 6.07) is 9.32. The van der Waals surface area contributed by atoms with E-state index < -0.39 is 10.0 Å². The van der Waals surface area contributed by atoms with Gasteiger partial charge in [-0.3, -0.25) is 4.99 Å². The number of aryl methyl sites for hydroxylation is 1. The second-order valence-corrected chi connectivity index (χ2v) is 8.55. The van der Waals surface area contributed by atoms with Crippen LogP contribution in [0.15, 0.2) is 39.5 Å². The average Bonchev–Trinajstić information content (AvgIpc) is 3.06. The van der Waals surface area contributed by atoms with E-state index in [1.54, 1.807) is 13.1 Å². The molecule has 4 N–H and O–H groups in total. The van der Waals surface area contributed by atoms with Crippen molar-refractivity contribution in [2.24, 2.45) is 10.1 Å². The third kappa shape index (κ3) is 7.28. The van der Waals surface area contributed by atoms with Crippen LogP contribution in [0.1, 0.15) is 22.9 Å². The number of benzene rings is 1. The monoisotopic (exact) mass is 524 g/mol. The molecule has 10 heteroatoms. The smallest absolute Gasteiger partial charge is 0.247 e. The quantitative estimate of drug-likeness (QED) is 0.294. The lowest BCUT2D eigenvalue weighted by Crippen LogP contribution is -2.36. The molecule has 0 spiro atoms. The molecule has 0 amide bonds. The van der Waals surface area contributed by atoms with E-state index in [2.05, 4.69) is 15.6 Å². The fourth-order valence-corrected chi connectivity index (χ4v) is 3.99. The van der Waals surface area contributed by atoms with Crippen molar-refractivity contribution in [3.8, 4) is 5.75 Å². The first-order chi connectivity index (χ1) is 12.3. The van der Waals surface area contributed by atoms with Crippen molar-refractivity contribution in [3.05, 3.63) is 46.3 Å². The van der Waals surface area contributed by atoms with Crippen molar-refractivity contribution in [3.63, 3.8) is 0 Å². The van der Waals surface area contributed by atoms with Gasteiger partial charge in [0.15, 0.2) is 5.96 Å². The number of nitrogens with one attached hydrogen (secondary N) is 2. The summed E-state index contributed by atoms with van der Waals surface area (Å²) in [5, 5.41) is 11.5. The number of sulfonamides is 1. The molecule has 0 bridgehead atoms. The van der Waals surface area contributed by atoms with E-state index in [9.17, 15) is 8.42 Å². The summed E-state index contributed by atoms with van der Waals surface area (Å²) in [5.74, 6) is 1.46. The highest BCUT2D eigenvalue weighted by molar-refractivity contribution is 14.0. The highest BCUT2D eigenvalue weighted by Crippen LogP contribution is 2.21. The minimum Gasteiger partial charge on any atom is -0.494 e. The molecule has 2 rings (SSSR count). The van der Waals surface area contributed by atoms with Crippen LogP contribution in [-0.2, 0) is 23.1 Å². The molecule has 150 valence electrons. The van der Waals surface area contributed by atoms with Gasteiger partial charge < -0.3 is 15.4 Å². The van der Waals surface area contributed by atoms with Gasteiger partial charge in [0.2, 0.25) is 10.0 Å². The maximum absolute atomic E-state index is 11.3. The van der Waals surface area contributed by atoms with Crippen LogP contribution in [-0.4, -0.2) is 28.0 Å². The Bertz CT molecular complexity index is 882. The van der Waals surface area contributed by atoms with Crippen molar-refractivity contribution >= 4 is 51.3 Å². The first-order valence-electron chi connectivity index (χ1n) is 8.12. The van der Waals surface area contributed by atoms with Crippen LogP contribution < -0.4 is 20.5 Å². The number of hydrogen-bond acceptors (Lipinski definition) is 5. The van der Waals surface area contributed by atoms with Crippen molar-refractivity contribution in [1.29, 1.82) is 0 Å². The van der Waals surface area contributed by atoms with Gasteiger partial charge in [0.1, 0.15) is 9.96 Å². The summed E-state index contributed by atoms with van der Waals surface area (Å²) < 4.78 is 28.5. The van der Waals surface area contributed by atoms with Crippen LogP contribution in [0.4, 0.5) is 0 Å². The SMILES string of the molecule is CCOc1cc(C)ccc1CNC(=NC)NCc1ccc(S(N)(=O)=O)s1.I. The second-order valence-electron chi connectivity index (χ2n) is 5.59. The number of nitrogens with two attached hydrogens (primary N) is 1. The summed E-state index contributed by atoms with van der Waals surface area (Å²) in [4.78, 5) is 5.03. The summed E-state index contributed by atoms with van der Waals surface area (Å²) >= 11 is 1.14. The van der Waals surface area contributed by atoms with Crippen LogP contribution in [0.2, 0.25) is 0 Å². The molecule has 1 aromatic carbocycles. The maximum Gasteiger partial charge on any atom is 0.247 e. The number of nitrogens with zero attached hydrogens (tertiary/aromatic N) is 1. The number of rotatable bonds is 7. The van der Waals surface area contributed by atoms with E-state index in [0.717, 1.165) is 33.1 Å². The Hall–Kier alpha value is -1.37. The van der Waals surface area contributed by atoms with Crippen LogP contribution >= 0.6 is 35.3 Å². The predicted octanol–water partition coefficient (Wildman–Crippen LogP) is 2.59. The molecular weight excluding hydrogens is 499 g/mol.